The van der Waals surface area contributed by atoms with E-state index in [1.165, 1.54) is 6.33 Å². The molecule has 0 unspecified atom stereocenters. The topological polar surface area (TPSA) is 112 Å². The summed E-state index contributed by atoms with van der Waals surface area (Å²) in [5, 5.41) is 5.69. The number of carbonyl (C=O) groups is 1. The van der Waals surface area contributed by atoms with Crippen molar-refractivity contribution in [2.75, 3.05) is 52.7 Å². The minimum Gasteiger partial charge on any atom is -0.457 e. The van der Waals surface area contributed by atoms with Crippen molar-refractivity contribution in [1.29, 1.82) is 0 Å². The van der Waals surface area contributed by atoms with Gasteiger partial charge < -0.3 is 25.0 Å². The Kier molecular flexibility index (Phi) is 8.68. The Hall–Kier alpha value is -4.28. The summed E-state index contributed by atoms with van der Waals surface area (Å²) in [5.41, 5.74) is 8.60. The van der Waals surface area contributed by atoms with Crippen LogP contribution in [0.15, 0.2) is 73.1 Å². The molecule has 40 heavy (non-hydrogen) atoms. The Morgan fingerprint density at radius 3 is 2.67 bits per heavy atom. The average molecular weight is 542 g/mol. The highest BCUT2D eigenvalue weighted by atomic mass is 16.5. The molecule has 0 bridgehead atoms. The number of amides is 1. The fourth-order valence-electron chi connectivity index (χ4n) is 4.89. The Labute approximate surface area is 234 Å². The largest absolute Gasteiger partial charge is 0.457 e. The first-order chi connectivity index (χ1) is 19.5. The highest BCUT2D eigenvalue weighted by Gasteiger charge is 2.28. The first-order valence-electron chi connectivity index (χ1n) is 13.5. The van der Waals surface area contributed by atoms with Crippen LogP contribution >= 0.6 is 0 Å². The van der Waals surface area contributed by atoms with Crippen molar-refractivity contribution < 1.29 is 14.3 Å². The second kappa shape index (κ2) is 12.7. The lowest BCUT2D eigenvalue weighted by atomic mass is 10.1. The molecule has 1 aliphatic heterocycles. The van der Waals surface area contributed by atoms with Crippen LogP contribution in [0, 0.1) is 0 Å². The average Bonchev–Trinajstić information content (AvgIpc) is 3.38. The van der Waals surface area contributed by atoms with Crippen LogP contribution in [-0.2, 0) is 9.53 Å². The minimum absolute atomic E-state index is 0.00433. The summed E-state index contributed by atoms with van der Waals surface area (Å²) in [6.45, 7) is 3.41. The van der Waals surface area contributed by atoms with E-state index in [1.807, 2.05) is 77.3 Å². The highest BCUT2D eigenvalue weighted by molar-refractivity contribution is 5.98. The van der Waals surface area contributed by atoms with E-state index in [4.69, 9.17) is 20.3 Å². The zero-order chi connectivity index (χ0) is 27.9. The number of benzene rings is 2. The first-order valence-corrected chi connectivity index (χ1v) is 13.5. The normalized spacial score (nSPS) is 15.8. The summed E-state index contributed by atoms with van der Waals surface area (Å²) in [6, 6.07) is 17.4. The Morgan fingerprint density at radius 2 is 1.90 bits per heavy atom. The molecule has 1 aliphatic rings. The number of carbonyl (C=O) groups excluding carboxylic acids is 1. The first kappa shape index (κ1) is 27.3. The highest BCUT2D eigenvalue weighted by Crippen LogP contribution is 2.34. The molecule has 3 heterocycles. The second-order valence-electron chi connectivity index (χ2n) is 9.93. The number of ether oxygens (including phenoxy) is 2. The summed E-state index contributed by atoms with van der Waals surface area (Å²) in [5.74, 6) is 1.87. The van der Waals surface area contributed by atoms with Crippen LogP contribution < -0.4 is 10.5 Å². The van der Waals surface area contributed by atoms with Crippen LogP contribution in [0.3, 0.4) is 0 Å². The van der Waals surface area contributed by atoms with Crippen molar-refractivity contribution in [2.24, 2.45) is 0 Å². The van der Waals surface area contributed by atoms with Crippen LogP contribution in [0.5, 0.6) is 11.5 Å². The molecule has 208 valence electrons. The van der Waals surface area contributed by atoms with Crippen LogP contribution in [0.2, 0.25) is 0 Å². The molecule has 0 radical (unpaired) electrons. The van der Waals surface area contributed by atoms with E-state index < -0.39 is 0 Å². The van der Waals surface area contributed by atoms with Crippen LogP contribution in [0.4, 0.5) is 5.82 Å². The van der Waals surface area contributed by atoms with Gasteiger partial charge in [0.15, 0.2) is 5.65 Å². The fourth-order valence-corrected chi connectivity index (χ4v) is 4.89. The maximum absolute atomic E-state index is 13.0. The van der Waals surface area contributed by atoms with Gasteiger partial charge in [0, 0.05) is 44.9 Å². The fraction of sp³-hybridized carbons (Fsp3) is 0.333. The molecule has 10 nitrogen and oxygen atoms in total. The van der Waals surface area contributed by atoms with E-state index in [2.05, 4.69) is 14.9 Å². The zero-order valence-electron chi connectivity index (χ0n) is 22.9. The third kappa shape index (κ3) is 6.30. The van der Waals surface area contributed by atoms with Crippen LogP contribution in [-0.4, -0.2) is 82.4 Å². The standard InChI is InChI=1S/C30H35N7O3/c1-35(18-19-39-2)16-7-11-26(38)36-17-6-8-23(20-36)37-30-27(29(31)32-21-33-30)28(34-37)22-12-14-25(15-13-22)40-24-9-4-3-5-10-24/h3-5,7,9-15,21,23H,6,8,16-20H2,1-2H3,(H2,31,32,33)/t23-/m1/s1. The van der Waals surface area contributed by atoms with Crippen molar-refractivity contribution in [3.05, 3.63) is 73.1 Å². The number of piperidine rings is 1. The Balaban J connectivity index is 1.35. The molecule has 10 heteroatoms. The van der Waals surface area contributed by atoms with Gasteiger partial charge in [0.25, 0.3) is 0 Å². The van der Waals surface area contributed by atoms with Crippen molar-refractivity contribution in [1.82, 2.24) is 29.5 Å². The Morgan fingerprint density at radius 1 is 1.12 bits per heavy atom. The van der Waals surface area contributed by atoms with Gasteiger partial charge in [-0.1, -0.05) is 24.3 Å². The minimum atomic E-state index is -0.0262. The van der Waals surface area contributed by atoms with Crippen LogP contribution in [0.1, 0.15) is 18.9 Å². The number of anilines is 1. The van der Waals surface area contributed by atoms with Gasteiger partial charge in [-0.05, 0) is 56.3 Å². The number of hydrogen-bond donors (Lipinski definition) is 1. The maximum atomic E-state index is 13.0. The van der Waals surface area contributed by atoms with Crippen molar-refractivity contribution in [3.63, 3.8) is 0 Å². The molecule has 1 saturated heterocycles. The van der Waals surface area contributed by atoms with Gasteiger partial charge in [0.05, 0.1) is 18.0 Å². The SMILES string of the molecule is COCCN(C)CC=CC(=O)N1CCC[C@@H](n2nc(-c3ccc(Oc4ccccc4)cc3)c3c(N)ncnc32)C1. The van der Waals surface area contributed by atoms with E-state index in [-0.39, 0.29) is 11.9 Å². The molecule has 1 amide bonds. The van der Waals surface area contributed by atoms with Crippen molar-refractivity contribution in [3.8, 4) is 22.8 Å². The molecule has 2 aromatic heterocycles. The molecule has 0 spiro atoms. The van der Waals surface area contributed by atoms with E-state index in [0.29, 0.717) is 48.8 Å². The number of rotatable bonds is 10. The predicted molar refractivity (Wildman–Crippen MR) is 155 cm³/mol. The summed E-state index contributed by atoms with van der Waals surface area (Å²) in [6.07, 6.45) is 6.79. The monoisotopic (exact) mass is 541 g/mol. The number of aromatic nitrogens is 4. The van der Waals surface area contributed by atoms with Gasteiger partial charge in [0.2, 0.25) is 5.91 Å². The number of hydrogen-bond acceptors (Lipinski definition) is 8. The molecular formula is C30H35N7O3. The molecule has 5 rings (SSSR count). The quantitative estimate of drug-likeness (QED) is 0.298. The molecule has 1 atom stereocenters. The second-order valence-corrected chi connectivity index (χ2v) is 9.93. The number of nitrogens with two attached hydrogens (primary N) is 1. The lowest BCUT2D eigenvalue weighted by Gasteiger charge is -2.32. The molecule has 4 aromatic rings. The smallest absolute Gasteiger partial charge is 0.246 e. The summed E-state index contributed by atoms with van der Waals surface area (Å²) >= 11 is 0. The number of para-hydroxylation sites is 1. The number of nitrogen functional groups attached to an aromatic ring is 1. The zero-order valence-corrected chi connectivity index (χ0v) is 22.9. The van der Waals surface area contributed by atoms with Crippen molar-refractivity contribution >= 4 is 22.8 Å². The number of fused-ring (bicyclic) bond motifs is 1. The molecule has 2 aromatic carbocycles. The van der Waals surface area contributed by atoms with Crippen molar-refractivity contribution in [2.45, 2.75) is 18.9 Å². The molecule has 1 fully saturated rings. The summed E-state index contributed by atoms with van der Waals surface area (Å²) < 4.78 is 13.0. The molecule has 0 aliphatic carbocycles. The number of methoxy groups -OCH3 is 1. The predicted octanol–water partition coefficient (Wildman–Crippen LogP) is 4.17. The maximum Gasteiger partial charge on any atom is 0.246 e. The van der Waals surface area contributed by atoms with E-state index >= 15 is 0 Å². The summed E-state index contributed by atoms with van der Waals surface area (Å²) in [4.78, 5) is 25.8. The Bertz CT molecular complexity index is 1450. The lowest BCUT2D eigenvalue weighted by Crippen LogP contribution is -2.40. The lowest BCUT2D eigenvalue weighted by molar-refractivity contribution is -0.127. The summed E-state index contributed by atoms with van der Waals surface area (Å²) in [7, 11) is 3.69. The number of likely N-dealkylation sites (N-methyl/N-ethyl adjacent to an activating group) is 1. The molecule has 2 N–H and O–H groups in total. The molecule has 0 saturated carbocycles. The van der Waals surface area contributed by atoms with Crippen LogP contribution in [0.25, 0.3) is 22.3 Å². The van der Waals surface area contributed by atoms with Gasteiger partial charge in [-0.25, -0.2) is 14.6 Å². The third-order valence-electron chi connectivity index (χ3n) is 7.03. The number of likely N-dealkylation sites (tertiary alicyclic amines) is 1. The van der Waals surface area contributed by atoms with Gasteiger partial charge in [0.1, 0.15) is 29.3 Å². The van der Waals surface area contributed by atoms with E-state index in [9.17, 15) is 4.79 Å². The number of nitrogens with zero attached hydrogens (tertiary/aromatic N) is 6. The van der Waals surface area contributed by atoms with Gasteiger partial charge >= 0.3 is 0 Å². The van der Waals surface area contributed by atoms with E-state index in [0.717, 1.165) is 36.4 Å². The van der Waals surface area contributed by atoms with Gasteiger partial charge in [-0.15, -0.1) is 0 Å². The van der Waals surface area contributed by atoms with Gasteiger partial charge in [-0.3, -0.25) is 4.79 Å². The third-order valence-corrected chi connectivity index (χ3v) is 7.03. The van der Waals surface area contributed by atoms with E-state index in [1.54, 1.807) is 13.2 Å². The molecular weight excluding hydrogens is 506 g/mol. The van der Waals surface area contributed by atoms with Gasteiger partial charge in [-0.2, -0.15) is 5.10 Å².